The Morgan fingerprint density at radius 2 is 2.00 bits per heavy atom. The van der Waals surface area contributed by atoms with Crippen molar-refractivity contribution in [2.45, 2.75) is 30.3 Å². The molecule has 2 aromatic carbocycles. The molecule has 1 aromatic heterocycles. The van der Waals surface area contributed by atoms with Crippen molar-refractivity contribution in [3.8, 4) is 5.75 Å². The van der Waals surface area contributed by atoms with Gasteiger partial charge in [-0.2, -0.15) is 4.37 Å². The molecular formula is C23H26FN5O3S2. The van der Waals surface area contributed by atoms with E-state index in [2.05, 4.69) is 30.8 Å². The third-order valence-corrected chi connectivity index (χ3v) is 8.54. The molecule has 0 saturated carbocycles. The maximum absolute atomic E-state index is 13.6. The molecule has 5 rings (SSSR count). The number of nitrogens with one attached hydrogen (secondary N) is 1. The van der Waals surface area contributed by atoms with E-state index in [1.54, 1.807) is 12.1 Å². The first-order valence-corrected chi connectivity index (χ1v) is 13.5. The fraction of sp³-hybridized carbons (Fsp3) is 0.391. The number of aromatic nitrogens is 2. The first-order chi connectivity index (χ1) is 16.4. The second kappa shape index (κ2) is 9.57. The summed E-state index contributed by atoms with van der Waals surface area (Å²) >= 11 is 0.977. The Balaban J connectivity index is 1.45. The SMILES string of the molecule is CCN1CCN([C@H]2CCOc3cc(S(=O)(=O)Nc4ncns4)ccc32)[C@H](c2ccc(F)cc2)C1. The highest BCUT2D eigenvalue weighted by molar-refractivity contribution is 7.93. The van der Waals surface area contributed by atoms with Crippen LogP contribution >= 0.6 is 11.5 Å². The molecule has 3 aromatic rings. The Bertz CT molecular complexity index is 1240. The van der Waals surface area contributed by atoms with Crippen molar-refractivity contribution >= 4 is 26.7 Å². The number of halogens is 1. The Morgan fingerprint density at radius 1 is 1.18 bits per heavy atom. The minimum atomic E-state index is -3.81. The minimum Gasteiger partial charge on any atom is -0.493 e. The summed E-state index contributed by atoms with van der Waals surface area (Å²) in [4.78, 5) is 8.87. The van der Waals surface area contributed by atoms with E-state index in [-0.39, 0.29) is 27.9 Å². The maximum atomic E-state index is 13.6. The topological polar surface area (TPSA) is 87.7 Å². The number of benzene rings is 2. The van der Waals surface area contributed by atoms with Gasteiger partial charge in [0.05, 0.1) is 11.5 Å². The monoisotopic (exact) mass is 503 g/mol. The number of sulfonamides is 1. The predicted molar refractivity (Wildman–Crippen MR) is 128 cm³/mol. The van der Waals surface area contributed by atoms with Crippen LogP contribution in [-0.2, 0) is 10.0 Å². The van der Waals surface area contributed by atoms with Crippen LogP contribution in [0.4, 0.5) is 9.52 Å². The van der Waals surface area contributed by atoms with E-state index in [0.717, 1.165) is 55.3 Å². The first-order valence-electron chi connectivity index (χ1n) is 11.2. The van der Waals surface area contributed by atoms with E-state index >= 15 is 0 Å². The molecule has 11 heteroatoms. The molecule has 0 aliphatic carbocycles. The normalized spacial score (nSPS) is 21.6. The minimum absolute atomic E-state index is 0.0747. The van der Waals surface area contributed by atoms with Crippen LogP contribution in [0.15, 0.2) is 53.7 Å². The van der Waals surface area contributed by atoms with E-state index < -0.39 is 10.0 Å². The number of fused-ring (bicyclic) bond motifs is 1. The van der Waals surface area contributed by atoms with Crippen molar-refractivity contribution in [1.82, 2.24) is 19.2 Å². The number of rotatable bonds is 6. The summed E-state index contributed by atoms with van der Waals surface area (Å²) in [7, 11) is -3.81. The summed E-state index contributed by atoms with van der Waals surface area (Å²) < 4.78 is 51.4. The zero-order chi connectivity index (χ0) is 23.7. The van der Waals surface area contributed by atoms with Gasteiger partial charge < -0.3 is 9.64 Å². The molecule has 0 bridgehead atoms. The van der Waals surface area contributed by atoms with Gasteiger partial charge >= 0.3 is 0 Å². The average Bonchev–Trinajstić information content (AvgIpc) is 3.36. The van der Waals surface area contributed by atoms with Gasteiger partial charge in [0, 0.05) is 61.3 Å². The van der Waals surface area contributed by atoms with E-state index in [1.165, 1.54) is 18.5 Å². The molecule has 0 radical (unpaired) electrons. The smallest absolute Gasteiger partial charge is 0.263 e. The van der Waals surface area contributed by atoms with Crippen molar-refractivity contribution in [2.75, 3.05) is 37.5 Å². The molecule has 180 valence electrons. The lowest BCUT2D eigenvalue weighted by Crippen LogP contribution is -2.50. The molecule has 3 heterocycles. The summed E-state index contributed by atoms with van der Waals surface area (Å²) in [5.74, 6) is 0.331. The fourth-order valence-electron chi connectivity index (χ4n) is 4.75. The molecular weight excluding hydrogens is 477 g/mol. The second-order valence-corrected chi connectivity index (χ2v) is 10.9. The lowest BCUT2D eigenvalue weighted by Gasteiger charge is -2.46. The zero-order valence-electron chi connectivity index (χ0n) is 18.7. The van der Waals surface area contributed by atoms with Gasteiger partial charge in [0.25, 0.3) is 10.0 Å². The molecule has 2 aliphatic heterocycles. The number of ether oxygens (including phenoxy) is 1. The highest BCUT2D eigenvalue weighted by Gasteiger charge is 2.36. The highest BCUT2D eigenvalue weighted by atomic mass is 32.2. The first kappa shape index (κ1) is 23.2. The van der Waals surface area contributed by atoms with Gasteiger partial charge in [-0.05, 0) is 30.3 Å². The maximum Gasteiger partial charge on any atom is 0.263 e. The number of piperazine rings is 1. The molecule has 2 aliphatic rings. The van der Waals surface area contributed by atoms with E-state index in [4.69, 9.17) is 4.74 Å². The number of anilines is 1. The van der Waals surface area contributed by atoms with Crippen molar-refractivity contribution < 1.29 is 17.5 Å². The summed E-state index contributed by atoms with van der Waals surface area (Å²) in [6.07, 6.45) is 2.10. The predicted octanol–water partition coefficient (Wildman–Crippen LogP) is 3.68. The standard InChI is InChI=1S/C23H26FN5O3S2/c1-2-28-10-11-29(21(14-28)16-3-5-17(24)6-4-16)20-9-12-32-22-13-18(7-8-19(20)22)34(30,31)27-23-25-15-26-33-23/h3-8,13,15,20-21H,2,9-12,14H2,1H3,(H,25,26,27)/t20-,21-/m0/s1. The van der Waals surface area contributed by atoms with Gasteiger partial charge in [-0.25, -0.2) is 17.8 Å². The third-order valence-electron chi connectivity index (χ3n) is 6.49. The molecule has 1 N–H and O–H groups in total. The summed E-state index contributed by atoms with van der Waals surface area (Å²) in [5, 5.41) is 0.215. The van der Waals surface area contributed by atoms with E-state index in [9.17, 15) is 12.8 Å². The van der Waals surface area contributed by atoms with Gasteiger partial charge in [-0.1, -0.05) is 25.1 Å². The van der Waals surface area contributed by atoms with Gasteiger partial charge in [0.1, 0.15) is 17.9 Å². The van der Waals surface area contributed by atoms with Gasteiger partial charge in [0.15, 0.2) is 0 Å². The van der Waals surface area contributed by atoms with E-state index in [1.807, 2.05) is 18.2 Å². The van der Waals surface area contributed by atoms with Gasteiger partial charge in [-0.15, -0.1) is 0 Å². The van der Waals surface area contributed by atoms with Crippen LogP contribution in [0.25, 0.3) is 0 Å². The Hall–Kier alpha value is -2.60. The summed E-state index contributed by atoms with van der Waals surface area (Å²) in [6.45, 7) is 6.26. The molecule has 0 spiro atoms. The molecule has 8 nitrogen and oxygen atoms in total. The van der Waals surface area contributed by atoms with E-state index in [0.29, 0.717) is 12.4 Å². The fourth-order valence-corrected chi connectivity index (χ4v) is 6.43. The van der Waals surface area contributed by atoms with Crippen LogP contribution in [0.2, 0.25) is 0 Å². The zero-order valence-corrected chi connectivity index (χ0v) is 20.4. The van der Waals surface area contributed by atoms with Crippen LogP contribution in [0, 0.1) is 5.82 Å². The average molecular weight is 504 g/mol. The van der Waals surface area contributed by atoms with Crippen LogP contribution in [-0.4, -0.2) is 60.4 Å². The Labute approximate surface area is 202 Å². The third kappa shape index (κ3) is 4.65. The van der Waals surface area contributed by atoms with Crippen molar-refractivity contribution in [1.29, 1.82) is 0 Å². The molecule has 0 unspecified atom stereocenters. The lowest BCUT2D eigenvalue weighted by atomic mass is 9.93. The number of nitrogens with zero attached hydrogens (tertiary/aromatic N) is 4. The summed E-state index contributed by atoms with van der Waals surface area (Å²) in [5.41, 5.74) is 2.05. The van der Waals surface area contributed by atoms with Crippen molar-refractivity contribution in [3.05, 3.63) is 65.7 Å². The molecule has 0 amide bonds. The Kier molecular flexibility index (Phi) is 6.52. The lowest BCUT2D eigenvalue weighted by molar-refractivity contribution is 0.0257. The van der Waals surface area contributed by atoms with Gasteiger partial charge in [-0.3, -0.25) is 9.62 Å². The number of hydrogen-bond donors (Lipinski definition) is 1. The van der Waals surface area contributed by atoms with Crippen molar-refractivity contribution in [2.24, 2.45) is 0 Å². The van der Waals surface area contributed by atoms with Crippen LogP contribution in [0.3, 0.4) is 0 Å². The quantitative estimate of drug-likeness (QED) is 0.549. The highest BCUT2D eigenvalue weighted by Crippen LogP contribution is 2.42. The molecule has 1 fully saturated rings. The molecule has 34 heavy (non-hydrogen) atoms. The largest absolute Gasteiger partial charge is 0.493 e. The second-order valence-electron chi connectivity index (χ2n) is 8.40. The molecule has 1 saturated heterocycles. The van der Waals surface area contributed by atoms with Crippen LogP contribution < -0.4 is 9.46 Å². The van der Waals surface area contributed by atoms with Crippen LogP contribution in [0.1, 0.15) is 36.6 Å². The number of likely N-dealkylation sites (N-methyl/N-ethyl adjacent to an activating group) is 1. The van der Waals surface area contributed by atoms with Gasteiger partial charge in [0.2, 0.25) is 5.13 Å². The molecule has 2 atom stereocenters. The van der Waals surface area contributed by atoms with Crippen LogP contribution in [0.5, 0.6) is 5.75 Å². The van der Waals surface area contributed by atoms with Crippen molar-refractivity contribution in [3.63, 3.8) is 0 Å². The summed E-state index contributed by atoms with van der Waals surface area (Å²) in [6, 6.07) is 12.0. The number of hydrogen-bond acceptors (Lipinski definition) is 8. The Morgan fingerprint density at radius 3 is 2.74 bits per heavy atom.